The molecule has 1 saturated heterocycles. The summed E-state index contributed by atoms with van der Waals surface area (Å²) in [6, 6.07) is 5.81. The van der Waals surface area contributed by atoms with Gasteiger partial charge < -0.3 is 15.0 Å². The fourth-order valence-electron chi connectivity index (χ4n) is 1.94. The van der Waals surface area contributed by atoms with Crippen LogP contribution in [-0.2, 0) is 6.42 Å². The van der Waals surface area contributed by atoms with Crippen LogP contribution >= 0.6 is 0 Å². The summed E-state index contributed by atoms with van der Waals surface area (Å²) >= 11 is 0. The SMILES string of the molecule is COc1ccc(CCN(C)C2CNC2)cc1F. The molecule has 1 aliphatic heterocycles. The number of ether oxygens (including phenoxy) is 1. The van der Waals surface area contributed by atoms with Gasteiger partial charge in [-0.15, -0.1) is 0 Å². The molecule has 0 bridgehead atoms. The Morgan fingerprint density at radius 2 is 2.24 bits per heavy atom. The van der Waals surface area contributed by atoms with Crippen molar-refractivity contribution < 1.29 is 9.13 Å². The van der Waals surface area contributed by atoms with Gasteiger partial charge in [-0.2, -0.15) is 0 Å². The second-order valence-corrected chi connectivity index (χ2v) is 4.51. The predicted molar refractivity (Wildman–Crippen MR) is 65.9 cm³/mol. The van der Waals surface area contributed by atoms with E-state index in [1.165, 1.54) is 7.11 Å². The molecule has 1 fully saturated rings. The molecule has 0 atom stereocenters. The third-order valence-electron chi connectivity index (χ3n) is 3.35. The molecule has 0 aromatic heterocycles. The minimum absolute atomic E-state index is 0.280. The average Bonchev–Trinajstić information content (AvgIpc) is 2.24. The Morgan fingerprint density at radius 3 is 2.76 bits per heavy atom. The third kappa shape index (κ3) is 2.96. The second kappa shape index (κ2) is 5.47. The van der Waals surface area contributed by atoms with Crippen molar-refractivity contribution in [1.29, 1.82) is 0 Å². The van der Waals surface area contributed by atoms with E-state index in [0.29, 0.717) is 11.8 Å². The van der Waals surface area contributed by atoms with Crippen LogP contribution in [0.5, 0.6) is 5.75 Å². The number of benzene rings is 1. The maximum Gasteiger partial charge on any atom is 0.165 e. The van der Waals surface area contributed by atoms with E-state index in [2.05, 4.69) is 17.3 Å². The highest BCUT2D eigenvalue weighted by Crippen LogP contribution is 2.18. The zero-order chi connectivity index (χ0) is 12.3. The number of methoxy groups -OCH3 is 1. The predicted octanol–water partition coefficient (Wildman–Crippen LogP) is 1.28. The van der Waals surface area contributed by atoms with Gasteiger partial charge in [0.1, 0.15) is 0 Å². The number of nitrogens with zero attached hydrogens (tertiary/aromatic N) is 1. The minimum Gasteiger partial charge on any atom is -0.494 e. The van der Waals surface area contributed by atoms with Crippen LogP contribution in [0.4, 0.5) is 4.39 Å². The summed E-state index contributed by atoms with van der Waals surface area (Å²) < 4.78 is 18.4. The van der Waals surface area contributed by atoms with Crippen molar-refractivity contribution in [3.63, 3.8) is 0 Å². The molecule has 4 heteroatoms. The first-order valence-electron chi connectivity index (χ1n) is 5.94. The van der Waals surface area contributed by atoms with Gasteiger partial charge in [0.15, 0.2) is 11.6 Å². The van der Waals surface area contributed by atoms with Crippen molar-refractivity contribution in [2.75, 3.05) is 33.8 Å². The van der Waals surface area contributed by atoms with Crippen LogP contribution in [0.1, 0.15) is 5.56 Å². The standard InChI is InChI=1S/C13H19FN2O/c1-16(11-8-15-9-11)6-5-10-3-4-13(17-2)12(14)7-10/h3-4,7,11,15H,5-6,8-9H2,1-2H3. The molecule has 17 heavy (non-hydrogen) atoms. The maximum absolute atomic E-state index is 13.5. The van der Waals surface area contributed by atoms with Crippen molar-refractivity contribution in [1.82, 2.24) is 10.2 Å². The highest BCUT2D eigenvalue weighted by atomic mass is 19.1. The molecule has 1 N–H and O–H groups in total. The lowest BCUT2D eigenvalue weighted by Gasteiger charge is -2.35. The minimum atomic E-state index is -0.280. The quantitative estimate of drug-likeness (QED) is 0.836. The highest BCUT2D eigenvalue weighted by Gasteiger charge is 2.20. The van der Waals surface area contributed by atoms with Gasteiger partial charge in [0, 0.05) is 25.7 Å². The van der Waals surface area contributed by atoms with E-state index in [9.17, 15) is 4.39 Å². The van der Waals surface area contributed by atoms with Crippen LogP contribution in [0.15, 0.2) is 18.2 Å². The summed E-state index contributed by atoms with van der Waals surface area (Å²) in [5.74, 6) is 0.0308. The smallest absolute Gasteiger partial charge is 0.165 e. The van der Waals surface area contributed by atoms with Gasteiger partial charge in [-0.1, -0.05) is 6.07 Å². The van der Waals surface area contributed by atoms with Gasteiger partial charge in [-0.25, -0.2) is 4.39 Å². The Morgan fingerprint density at radius 1 is 1.47 bits per heavy atom. The number of likely N-dealkylation sites (N-methyl/N-ethyl adjacent to an activating group) is 1. The highest BCUT2D eigenvalue weighted by molar-refractivity contribution is 5.29. The first-order chi connectivity index (χ1) is 8.20. The fourth-order valence-corrected chi connectivity index (χ4v) is 1.94. The van der Waals surface area contributed by atoms with Crippen LogP contribution in [0, 0.1) is 5.82 Å². The molecule has 3 nitrogen and oxygen atoms in total. The largest absolute Gasteiger partial charge is 0.494 e. The monoisotopic (exact) mass is 238 g/mol. The number of hydrogen-bond acceptors (Lipinski definition) is 3. The molecule has 2 rings (SSSR count). The summed E-state index contributed by atoms with van der Waals surface area (Å²) in [6.45, 7) is 3.08. The summed E-state index contributed by atoms with van der Waals surface area (Å²) in [4.78, 5) is 2.32. The number of rotatable bonds is 5. The van der Waals surface area contributed by atoms with E-state index in [0.717, 1.165) is 31.6 Å². The molecule has 0 aliphatic carbocycles. The molecule has 1 heterocycles. The molecule has 0 radical (unpaired) electrons. The van der Waals surface area contributed by atoms with Crippen LogP contribution < -0.4 is 10.1 Å². The van der Waals surface area contributed by atoms with Gasteiger partial charge in [-0.3, -0.25) is 0 Å². The molecule has 0 spiro atoms. The van der Waals surface area contributed by atoms with Crippen LogP contribution in [0.25, 0.3) is 0 Å². The van der Waals surface area contributed by atoms with Crippen molar-refractivity contribution in [3.8, 4) is 5.75 Å². The summed E-state index contributed by atoms with van der Waals surface area (Å²) in [5, 5.41) is 3.25. The van der Waals surface area contributed by atoms with E-state index in [1.54, 1.807) is 12.1 Å². The van der Waals surface area contributed by atoms with E-state index >= 15 is 0 Å². The lowest BCUT2D eigenvalue weighted by atomic mass is 10.1. The molecular formula is C13H19FN2O. The number of halogens is 1. The van der Waals surface area contributed by atoms with Gasteiger partial charge >= 0.3 is 0 Å². The average molecular weight is 238 g/mol. The molecule has 1 aliphatic rings. The van der Waals surface area contributed by atoms with E-state index in [4.69, 9.17) is 4.74 Å². The Balaban J connectivity index is 1.87. The van der Waals surface area contributed by atoms with Gasteiger partial charge in [0.25, 0.3) is 0 Å². The lowest BCUT2D eigenvalue weighted by Crippen LogP contribution is -2.56. The summed E-state index contributed by atoms with van der Waals surface area (Å²) in [5.41, 5.74) is 1.02. The topological polar surface area (TPSA) is 24.5 Å². The Kier molecular flexibility index (Phi) is 3.97. The first kappa shape index (κ1) is 12.3. The Bertz CT molecular complexity index is 380. The van der Waals surface area contributed by atoms with E-state index < -0.39 is 0 Å². The molecule has 0 unspecified atom stereocenters. The van der Waals surface area contributed by atoms with Crippen molar-refractivity contribution in [2.24, 2.45) is 0 Å². The summed E-state index contributed by atoms with van der Waals surface area (Å²) in [7, 11) is 3.60. The third-order valence-corrected chi connectivity index (χ3v) is 3.35. The Hall–Kier alpha value is -1.13. The van der Waals surface area contributed by atoms with Crippen LogP contribution in [0.2, 0.25) is 0 Å². The first-order valence-corrected chi connectivity index (χ1v) is 5.94. The second-order valence-electron chi connectivity index (χ2n) is 4.51. The van der Waals surface area contributed by atoms with E-state index in [1.807, 2.05) is 6.07 Å². The number of hydrogen-bond donors (Lipinski definition) is 1. The van der Waals surface area contributed by atoms with Crippen LogP contribution in [0.3, 0.4) is 0 Å². The van der Waals surface area contributed by atoms with Crippen molar-refractivity contribution >= 4 is 0 Å². The van der Waals surface area contributed by atoms with E-state index in [-0.39, 0.29) is 5.82 Å². The molecule has 0 saturated carbocycles. The van der Waals surface area contributed by atoms with Crippen molar-refractivity contribution in [2.45, 2.75) is 12.5 Å². The number of nitrogens with one attached hydrogen (secondary N) is 1. The zero-order valence-electron chi connectivity index (χ0n) is 10.4. The van der Waals surface area contributed by atoms with Gasteiger partial charge in [0.2, 0.25) is 0 Å². The molecule has 94 valence electrons. The Labute approximate surface area is 102 Å². The molecule has 1 aromatic carbocycles. The van der Waals surface area contributed by atoms with Gasteiger partial charge in [0.05, 0.1) is 7.11 Å². The van der Waals surface area contributed by atoms with Crippen LogP contribution in [-0.4, -0.2) is 44.7 Å². The fraction of sp³-hybridized carbons (Fsp3) is 0.538. The van der Waals surface area contributed by atoms with Crippen molar-refractivity contribution in [3.05, 3.63) is 29.6 Å². The van der Waals surface area contributed by atoms with Gasteiger partial charge in [-0.05, 0) is 31.2 Å². The molecule has 0 amide bonds. The molecule has 1 aromatic rings. The maximum atomic E-state index is 13.5. The zero-order valence-corrected chi connectivity index (χ0v) is 10.4. The normalized spacial score (nSPS) is 16.0. The lowest BCUT2D eigenvalue weighted by molar-refractivity contribution is 0.182. The summed E-state index contributed by atoms with van der Waals surface area (Å²) in [6.07, 6.45) is 0.869. The molecular weight excluding hydrogens is 219 g/mol.